The lowest BCUT2D eigenvalue weighted by molar-refractivity contribution is -0.113. The van der Waals surface area contributed by atoms with Crippen LogP contribution < -0.4 is 10.9 Å². The number of aromatic nitrogens is 2. The molecular formula is C24H18FN3O3S. The van der Waals surface area contributed by atoms with Crippen molar-refractivity contribution in [3.05, 3.63) is 94.5 Å². The van der Waals surface area contributed by atoms with Gasteiger partial charge in [0.15, 0.2) is 10.9 Å². The second-order valence-corrected chi connectivity index (χ2v) is 7.92. The van der Waals surface area contributed by atoms with Crippen molar-refractivity contribution in [1.29, 1.82) is 0 Å². The minimum absolute atomic E-state index is 0.0479. The summed E-state index contributed by atoms with van der Waals surface area (Å²) >= 11 is 1.03. The highest BCUT2D eigenvalue weighted by atomic mass is 32.2. The highest BCUT2D eigenvalue weighted by Gasteiger charge is 2.17. The fourth-order valence-electron chi connectivity index (χ4n) is 3.17. The quantitative estimate of drug-likeness (QED) is 0.268. The third kappa shape index (κ3) is 4.45. The molecule has 160 valence electrons. The van der Waals surface area contributed by atoms with Crippen LogP contribution in [0.4, 0.5) is 10.1 Å². The summed E-state index contributed by atoms with van der Waals surface area (Å²) in [6.45, 7) is 1.47. The van der Waals surface area contributed by atoms with Crippen molar-refractivity contribution in [1.82, 2.24) is 9.55 Å². The number of nitrogens with zero attached hydrogens (tertiary/aromatic N) is 2. The first kappa shape index (κ1) is 21.5. The number of fused-ring (bicyclic) bond motifs is 1. The van der Waals surface area contributed by atoms with Crippen LogP contribution in [-0.4, -0.2) is 27.0 Å². The Morgan fingerprint density at radius 3 is 2.41 bits per heavy atom. The lowest BCUT2D eigenvalue weighted by Crippen LogP contribution is -2.23. The number of rotatable bonds is 6. The molecule has 6 nitrogen and oxygen atoms in total. The van der Waals surface area contributed by atoms with Gasteiger partial charge in [-0.2, -0.15) is 0 Å². The van der Waals surface area contributed by atoms with Crippen LogP contribution in [0.25, 0.3) is 16.6 Å². The number of amides is 1. The minimum Gasteiger partial charge on any atom is -0.325 e. The number of nitrogens with one attached hydrogen (secondary N) is 1. The molecule has 0 bridgehead atoms. The van der Waals surface area contributed by atoms with Crippen LogP contribution in [0.3, 0.4) is 0 Å². The molecule has 0 spiro atoms. The number of benzene rings is 3. The van der Waals surface area contributed by atoms with Gasteiger partial charge in [0.2, 0.25) is 5.91 Å². The monoisotopic (exact) mass is 447 g/mol. The van der Waals surface area contributed by atoms with Crippen LogP contribution in [0.15, 0.2) is 82.7 Å². The van der Waals surface area contributed by atoms with Gasteiger partial charge in [0.05, 0.1) is 22.3 Å². The molecule has 1 N–H and O–H groups in total. The van der Waals surface area contributed by atoms with E-state index in [1.165, 1.54) is 29.7 Å². The summed E-state index contributed by atoms with van der Waals surface area (Å²) in [6.07, 6.45) is 0. The summed E-state index contributed by atoms with van der Waals surface area (Å²) in [5, 5.41) is 3.31. The van der Waals surface area contributed by atoms with Crippen LogP contribution in [0.1, 0.15) is 17.3 Å². The molecule has 0 aliphatic carbocycles. The van der Waals surface area contributed by atoms with Crippen LogP contribution in [0, 0.1) is 5.82 Å². The maximum atomic E-state index is 14.5. The van der Waals surface area contributed by atoms with E-state index in [-0.39, 0.29) is 28.3 Å². The van der Waals surface area contributed by atoms with Crippen molar-refractivity contribution in [2.24, 2.45) is 0 Å². The van der Waals surface area contributed by atoms with Crippen molar-refractivity contribution in [2.75, 3.05) is 11.1 Å². The number of ketones is 1. The van der Waals surface area contributed by atoms with Crippen LogP contribution in [0.5, 0.6) is 0 Å². The van der Waals surface area contributed by atoms with Gasteiger partial charge in [-0.15, -0.1) is 0 Å². The number of carbonyl (C=O) groups is 2. The Labute approximate surface area is 187 Å². The molecule has 4 rings (SSSR count). The molecule has 32 heavy (non-hydrogen) atoms. The molecule has 4 aromatic rings. The Hall–Kier alpha value is -3.78. The van der Waals surface area contributed by atoms with Gasteiger partial charge in [-0.25, -0.2) is 9.37 Å². The van der Waals surface area contributed by atoms with Gasteiger partial charge in [-0.1, -0.05) is 36.0 Å². The van der Waals surface area contributed by atoms with Crippen molar-refractivity contribution >= 4 is 40.0 Å². The van der Waals surface area contributed by atoms with E-state index in [4.69, 9.17) is 0 Å². The number of carbonyl (C=O) groups excluding carboxylic acids is 2. The average Bonchev–Trinajstić information content (AvgIpc) is 2.79. The Morgan fingerprint density at radius 1 is 1.00 bits per heavy atom. The summed E-state index contributed by atoms with van der Waals surface area (Å²) in [4.78, 5) is 41.5. The number of halogens is 1. The summed E-state index contributed by atoms with van der Waals surface area (Å²) in [6, 6.07) is 19.3. The zero-order valence-corrected chi connectivity index (χ0v) is 17.9. The van der Waals surface area contributed by atoms with Gasteiger partial charge in [-0.3, -0.25) is 19.0 Å². The molecule has 3 aromatic carbocycles. The molecule has 0 unspecified atom stereocenters. The van der Waals surface area contributed by atoms with Crippen molar-refractivity contribution in [2.45, 2.75) is 12.1 Å². The molecule has 0 radical (unpaired) electrons. The molecule has 0 aliphatic rings. The summed E-state index contributed by atoms with van der Waals surface area (Å²) in [7, 11) is 0. The largest absolute Gasteiger partial charge is 0.325 e. The topological polar surface area (TPSA) is 81.1 Å². The molecule has 0 saturated carbocycles. The van der Waals surface area contributed by atoms with Gasteiger partial charge in [0, 0.05) is 11.3 Å². The maximum absolute atomic E-state index is 14.5. The molecule has 1 aromatic heterocycles. The van der Waals surface area contributed by atoms with E-state index < -0.39 is 11.4 Å². The van der Waals surface area contributed by atoms with Gasteiger partial charge in [0.1, 0.15) is 5.82 Å². The first-order valence-corrected chi connectivity index (χ1v) is 10.7. The fourth-order valence-corrected chi connectivity index (χ4v) is 3.98. The number of anilines is 1. The minimum atomic E-state index is -0.566. The number of Topliss-reactive ketones (excluding diaryl/α,β-unsaturated/α-hetero) is 1. The molecule has 0 atom stereocenters. The van der Waals surface area contributed by atoms with Crippen LogP contribution >= 0.6 is 11.8 Å². The van der Waals surface area contributed by atoms with Crippen molar-refractivity contribution < 1.29 is 14.0 Å². The zero-order chi connectivity index (χ0) is 22.7. The number of para-hydroxylation sites is 2. The first-order valence-electron chi connectivity index (χ1n) is 9.74. The molecule has 0 fully saturated rings. The van der Waals surface area contributed by atoms with Gasteiger partial charge in [-0.05, 0) is 55.5 Å². The van der Waals surface area contributed by atoms with E-state index in [2.05, 4.69) is 10.3 Å². The van der Waals surface area contributed by atoms with E-state index in [0.29, 0.717) is 22.2 Å². The van der Waals surface area contributed by atoms with Gasteiger partial charge < -0.3 is 5.32 Å². The number of thioether (sulfide) groups is 1. The Morgan fingerprint density at radius 2 is 1.69 bits per heavy atom. The summed E-state index contributed by atoms with van der Waals surface area (Å²) in [5.41, 5.74) is 1.21. The maximum Gasteiger partial charge on any atom is 0.266 e. The molecule has 0 saturated heterocycles. The Bertz CT molecular complexity index is 1380. The Kier molecular flexibility index (Phi) is 6.13. The van der Waals surface area contributed by atoms with E-state index in [0.717, 1.165) is 11.8 Å². The normalized spacial score (nSPS) is 10.8. The molecule has 1 heterocycles. The summed E-state index contributed by atoms with van der Waals surface area (Å²) in [5.74, 6) is -1.00. The lowest BCUT2D eigenvalue weighted by atomic mass is 10.1. The predicted octanol–water partition coefficient (Wildman–Crippen LogP) is 4.46. The fraction of sp³-hybridized carbons (Fsp3) is 0.0833. The smallest absolute Gasteiger partial charge is 0.266 e. The SMILES string of the molecule is CC(=O)c1ccc(NC(=O)CSc2nc3ccccc3c(=O)n2-c2ccccc2F)cc1. The molecule has 1 amide bonds. The van der Waals surface area contributed by atoms with E-state index in [9.17, 15) is 18.8 Å². The van der Waals surface area contributed by atoms with E-state index in [1.807, 2.05) is 0 Å². The first-order chi connectivity index (χ1) is 15.4. The second-order valence-electron chi connectivity index (χ2n) is 6.97. The highest BCUT2D eigenvalue weighted by Crippen LogP contribution is 2.23. The third-order valence-electron chi connectivity index (χ3n) is 4.75. The lowest BCUT2D eigenvalue weighted by Gasteiger charge is -2.14. The molecule has 0 aliphatic heterocycles. The van der Waals surface area contributed by atoms with Gasteiger partial charge >= 0.3 is 0 Å². The second kappa shape index (κ2) is 9.15. The molecule has 8 heteroatoms. The average molecular weight is 447 g/mol. The third-order valence-corrected chi connectivity index (χ3v) is 5.68. The van der Waals surface area contributed by atoms with E-state index in [1.54, 1.807) is 54.6 Å². The van der Waals surface area contributed by atoms with Crippen LogP contribution in [0.2, 0.25) is 0 Å². The highest BCUT2D eigenvalue weighted by molar-refractivity contribution is 7.99. The predicted molar refractivity (Wildman–Crippen MR) is 123 cm³/mol. The number of hydrogen-bond donors (Lipinski definition) is 1. The zero-order valence-electron chi connectivity index (χ0n) is 17.0. The van der Waals surface area contributed by atoms with Crippen LogP contribution in [-0.2, 0) is 4.79 Å². The Balaban J connectivity index is 1.63. The van der Waals surface area contributed by atoms with Crippen molar-refractivity contribution in [3.63, 3.8) is 0 Å². The summed E-state index contributed by atoms with van der Waals surface area (Å²) < 4.78 is 15.7. The van der Waals surface area contributed by atoms with Gasteiger partial charge in [0.25, 0.3) is 5.56 Å². The standard InChI is InChI=1S/C24H18FN3O3S/c1-15(29)16-10-12-17(13-11-16)26-22(30)14-32-24-27-20-8-4-2-6-18(20)23(31)28(24)21-9-5-3-7-19(21)25/h2-13H,14H2,1H3,(H,26,30). The van der Waals surface area contributed by atoms with Crippen molar-refractivity contribution in [3.8, 4) is 5.69 Å². The van der Waals surface area contributed by atoms with E-state index >= 15 is 0 Å². The molecular weight excluding hydrogens is 429 g/mol. The number of hydrogen-bond acceptors (Lipinski definition) is 5.